The number of carbonyl (C=O) groups is 1. The van der Waals surface area contributed by atoms with Crippen molar-refractivity contribution in [1.82, 2.24) is 15.6 Å². The number of carbonyl (C=O) groups excluding carboxylic acids is 1. The van der Waals surface area contributed by atoms with E-state index in [2.05, 4.69) is 27.8 Å². The van der Waals surface area contributed by atoms with E-state index in [1.807, 2.05) is 18.3 Å². The second-order valence-corrected chi connectivity index (χ2v) is 5.42. The lowest BCUT2D eigenvalue weighted by atomic mass is 9.97. The molecular weight excluding hydrogens is 250 g/mol. The Balaban J connectivity index is 1.53. The van der Waals surface area contributed by atoms with Crippen molar-refractivity contribution in [1.29, 1.82) is 0 Å². The van der Waals surface area contributed by atoms with Crippen LogP contribution in [0.2, 0.25) is 0 Å². The number of aromatic amines is 1. The van der Waals surface area contributed by atoms with E-state index in [0.29, 0.717) is 6.54 Å². The van der Waals surface area contributed by atoms with Crippen molar-refractivity contribution in [3.05, 3.63) is 36.0 Å². The largest absolute Gasteiger partial charge is 0.361 e. The number of hydrogen-bond acceptors (Lipinski definition) is 2. The molecule has 1 aliphatic heterocycles. The molecule has 1 aromatic carbocycles. The minimum atomic E-state index is 0.194. The maximum Gasteiger partial charge on any atom is 0.223 e. The molecule has 0 radical (unpaired) electrons. The quantitative estimate of drug-likeness (QED) is 0.794. The molecule has 4 heteroatoms. The summed E-state index contributed by atoms with van der Waals surface area (Å²) in [5.74, 6) is 0.408. The van der Waals surface area contributed by atoms with Gasteiger partial charge in [-0.05, 0) is 44.0 Å². The first kappa shape index (κ1) is 13.2. The van der Waals surface area contributed by atoms with E-state index in [1.165, 1.54) is 10.9 Å². The summed E-state index contributed by atoms with van der Waals surface area (Å²) in [6, 6.07) is 8.27. The molecule has 0 spiro atoms. The Morgan fingerprint density at radius 2 is 2.05 bits per heavy atom. The van der Waals surface area contributed by atoms with Gasteiger partial charge >= 0.3 is 0 Å². The number of rotatable bonds is 4. The van der Waals surface area contributed by atoms with Gasteiger partial charge < -0.3 is 15.6 Å². The summed E-state index contributed by atoms with van der Waals surface area (Å²) in [5.41, 5.74) is 2.43. The molecule has 106 valence electrons. The number of H-pyrrole nitrogens is 1. The van der Waals surface area contributed by atoms with Crippen molar-refractivity contribution in [2.45, 2.75) is 19.3 Å². The zero-order valence-corrected chi connectivity index (χ0v) is 11.6. The van der Waals surface area contributed by atoms with Crippen LogP contribution in [0.4, 0.5) is 0 Å². The molecule has 0 saturated carbocycles. The Kier molecular flexibility index (Phi) is 4.02. The number of benzene rings is 1. The van der Waals surface area contributed by atoms with E-state index in [1.54, 1.807) is 0 Å². The molecule has 2 heterocycles. The zero-order valence-electron chi connectivity index (χ0n) is 11.6. The molecule has 1 aromatic heterocycles. The number of nitrogens with one attached hydrogen (secondary N) is 3. The summed E-state index contributed by atoms with van der Waals surface area (Å²) in [4.78, 5) is 15.3. The average molecular weight is 271 g/mol. The predicted molar refractivity (Wildman–Crippen MR) is 80.6 cm³/mol. The molecule has 20 heavy (non-hydrogen) atoms. The van der Waals surface area contributed by atoms with E-state index in [9.17, 15) is 4.79 Å². The van der Waals surface area contributed by atoms with E-state index < -0.39 is 0 Å². The first-order valence-corrected chi connectivity index (χ1v) is 7.38. The monoisotopic (exact) mass is 271 g/mol. The molecule has 4 nitrogen and oxygen atoms in total. The molecule has 0 bridgehead atoms. The molecule has 1 saturated heterocycles. The van der Waals surface area contributed by atoms with Crippen LogP contribution in [0.5, 0.6) is 0 Å². The smallest absolute Gasteiger partial charge is 0.223 e. The van der Waals surface area contributed by atoms with Gasteiger partial charge in [0.05, 0.1) is 0 Å². The normalized spacial score (nSPS) is 16.4. The van der Waals surface area contributed by atoms with Gasteiger partial charge in [0.2, 0.25) is 5.91 Å². The summed E-state index contributed by atoms with van der Waals surface area (Å²) in [6.45, 7) is 2.63. The molecule has 1 aliphatic rings. The Morgan fingerprint density at radius 3 is 2.90 bits per heavy atom. The third-order valence-electron chi connectivity index (χ3n) is 4.08. The topological polar surface area (TPSA) is 56.9 Å². The standard InChI is InChI=1S/C16H21N3O/c20-16(12-5-8-17-9-6-12)18-10-7-13-11-19-15-4-2-1-3-14(13)15/h1-4,11-12,17,19H,5-10H2,(H,18,20). The van der Waals surface area contributed by atoms with Gasteiger partial charge in [0.25, 0.3) is 0 Å². The number of piperidine rings is 1. The Morgan fingerprint density at radius 1 is 1.25 bits per heavy atom. The van der Waals surface area contributed by atoms with Gasteiger partial charge in [-0.1, -0.05) is 18.2 Å². The Bertz CT molecular complexity index is 584. The molecule has 3 N–H and O–H groups in total. The predicted octanol–water partition coefficient (Wildman–Crippen LogP) is 1.83. The molecule has 0 unspecified atom stereocenters. The Labute approximate surface area is 118 Å². The van der Waals surface area contributed by atoms with Crippen LogP contribution in [-0.2, 0) is 11.2 Å². The lowest BCUT2D eigenvalue weighted by Gasteiger charge is -2.21. The van der Waals surface area contributed by atoms with Crippen LogP contribution in [-0.4, -0.2) is 30.5 Å². The highest BCUT2D eigenvalue weighted by atomic mass is 16.1. The minimum Gasteiger partial charge on any atom is -0.361 e. The van der Waals surface area contributed by atoms with Gasteiger partial charge in [-0.2, -0.15) is 0 Å². The fourth-order valence-corrected chi connectivity index (χ4v) is 2.89. The van der Waals surface area contributed by atoms with Crippen LogP contribution >= 0.6 is 0 Å². The van der Waals surface area contributed by atoms with Crippen LogP contribution in [0.3, 0.4) is 0 Å². The van der Waals surface area contributed by atoms with Crippen LogP contribution < -0.4 is 10.6 Å². The first-order valence-electron chi connectivity index (χ1n) is 7.38. The van der Waals surface area contributed by atoms with Crippen molar-refractivity contribution in [3.63, 3.8) is 0 Å². The highest BCUT2D eigenvalue weighted by Crippen LogP contribution is 2.18. The van der Waals surface area contributed by atoms with E-state index in [4.69, 9.17) is 0 Å². The van der Waals surface area contributed by atoms with Crippen LogP contribution in [0.25, 0.3) is 10.9 Å². The molecular formula is C16H21N3O. The summed E-state index contributed by atoms with van der Waals surface area (Å²) in [7, 11) is 0. The molecule has 0 atom stereocenters. The third kappa shape index (κ3) is 2.85. The van der Waals surface area contributed by atoms with Gasteiger partial charge in [-0.15, -0.1) is 0 Å². The second-order valence-electron chi connectivity index (χ2n) is 5.42. The lowest BCUT2D eigenvalue weighted by molar-refractivity contribution is -0.125. The highest BCUT2D eigenvalue weighted by Gasteiger charge is 2.20. The van der Waals surface area contributed by atoms with Crippen molar-refractivity contribution in [2.75, 3.05) is 19.6 Å². The summed E-state index contributed by atoms with van der Waals surface area (Å²) < 4.78 is 0. The number of para-hydroxylation sites is 1. The Hall–Kier alpha value is -1.81. The molecule has 3 rings (SSSR count). The molecule has 2 aromatic rings. The van der Waals surface area contributed by atoms with E-state index in [-0.39, 0.29) is 11.8 Å². The number of aromatic nitrogens is 1. The van der Waals surface area contributed by atoms with Gasteiger partial charge in [0, 0.05) is 29.6 Å². The summed E-state index contributed by atoms with van der Waals surface area (Å²) in [6.07, 6.45) is 4.83. The number of hydrogen-bond donors (Lipinski definition) is 3. The molecule has 1 fully saturated rings. The van der Waals surface area contributed by atoms with Gasteiger partial charge in [-0.25, -0.2) is 0 Å². The van der Waals surface area contributed by atoms with Crippen LogP contribution in [0.1, 0.15) is 18.4 Å². The van der Waals surface area contributed by atoms with Crippen LogP contribution in [0, 0.1) is 5.92 Å². The number of amides is 1. The summed E-state index contributed by atoms with van der Waals surface area (Å²) in [5, 5.41) is 7.61. The second kappa shape index (κ2) is 6.09. The number of fused-ring (bicyclic) bond motifs is 1. The highest BCUT2D eigenvalue weighted by molar-refractivity contribution is 5.83. The summed E-state index contributed by atoms with van der Waals surface area (Å²) >= 11 is 0. The fraction of sp³-hybridized carbons (Fsp3) is 0.438. The van der Waals surface area contributed by atoms with E-state index in [0.717, 1.165) is 37.9 Å². The fourth-order valence-electron chi connectivity index (χ4n) is 2.89. The van der Waals surface area contributed by atoms with Gasteiger partial charge in [0.15, 0.2) is 0 Å². The van der Waals surface area contributed by atoms with Crippen molar-refractivity contribution < 1.29 is 4.79 Å². The minimum absolute atomic E-state index is 0.194. The van der Waals surface area contributed by atoms with Crippen molar-refractivity contribution >= 4 is 16.8 Å². The lowest BCUT2D eigenvalue weighted by Crippen LogP contribution is -2.38. The molecule has 0 aliphatic carbocycles. The van der Waals surface area contributed by atoms with Crippen molar-refractivity contribution in [3.8, 4) is 0 Å². The maximum absolute atomic E-state index is 12.0. The SMILES string of the molecule is O=C(NCCc1c[nH]c2ccccc12)C1CCNCC1. The average Bonchev–Trinajstić information content (AvgIpc) is 2.92. The zero-order chi connectivity index (χ0) is 13.8. The third-order valence-corrected chi connectivity index (χ3v) is 4.08. The van der Waals surface area contributed by atoms with Crippen molar-refractivity contribution in [2.24, 2.45) is 5.92 Å². The first-order chi connectivity index (χ1) is 9.84. The van der Waals surface area contributed by atoms with Gasteiger partial charge in [0.1, 0.15) is 0 Å². The van der Waals surface area contributed by atoms with E-state index >= 15 is 0 Å². The van der Waals surface area contributed by atoms with Gasteiger partial charge in [-0.3, -0.25) is 4.79 Å². The molecule has 1 amide bonds. The maximum atomic E-state index is 12.0. The van der Waals surface area contributed by atoms with Crippen LogP contribution in [0.15, 0.2) is 30.5 Å².